The third kappa shape index (κ3) is 10.6. The first kappa shape index (κ1) is 28.0. The van der Waals surface area contributed by atoms with E-state index < -0.39 is 11.9 Å². The summed E-state index contributed by atoms with van der Waals surface area (Å²) in [5.41, 5.74) is 0.662. The van der Waals surface area contributed by atoms with Gasteiger partial charge in [0, 0.05) is 17.1 Å². The third-order valence-electron chi connectivity index (χ3n) is 2.04. The molecule has 0 saturated carbocycles. The second-order valence-electron chi connectivity index (χ2n) is 3.34. The maximum atomic E-state index is 10.2. The van der Waals surface area contributed by atoms with Gasteiger partial charge in [-0.2, -0.15) is 0 Å². The molecule has 0 aliphatic carbocycles. The monoisotopic (exact) mass is 361 g/mol. The summed E-state index contributed by atoms with van der Waals surface area (Å²) in [5, 5.41) is 16.8. The van der Waals surface area contributed by atoms with Crippen molar-refractivity contribution < 1.29 is 53.3 Å². The van der Waals surface area contributed by atoms with Crippen LogP contribution in [0.2, 0.25) is 0 Å². The Bertz CT molecular complexity index is 468. The average molecular weight is 362 g/mol. The van der Waals surface area contributed by atoms with Gasteiger partial charge in [0.15, 0.2) is 0 Å². The number of rotatable bonds is 2. The number of carboxylic acid groups (broad SMARTS) is 2. The Kier molecular flexibility index (Phi) is 19.3. The summed E-state index contributed by atoms with van der Waals surface area (Å²) >= 11 is 0. The maximum absolute atomic E-state index is 10.2. The molecule has 0 aliphatic rings. The zero-order valence-electron chi connectivity index (χ0n) is 11.3. The van der Waals surface area contributed by atoms with Gasteiger partial charge in [-0.15, -0.1) is 0 Å². The number of aromatic carboxylic acids is 2. The van der Waals surface area contributed by atoms with E-state index in [1.807, 2.05) is 0 Å². The molecule has 0 fully saturated rings. The molecule has 0 amide bonds. The Morgan fingerprint density at radius 3 is 0.955 bits per heavy atom. The standard InChI is InChI=1S/2C7H6O2.Cu.3H2O/c2*8-7(9)6-4-2-1-3-5-6;;;;/h2*1-5H,(H,8,9);;3*1H2. The van der Waals surface area contributed by atoms with E-state index in [0.717, 1.165) is 0 Å². The fraction of sp³-hybridized carbons (Fsp3) is 0. The number of carboxylic acids is 2. The molecule has 1 radical (unpaired) electrons. The molecule has 0 bridgehead atoms. The second-order valence-corrected chi connectivity index (χ2v) is 3.34. The fourth-order valence-electron chi connectivity index (χ4n) is 1.16. The van der Waals surface area contributed by atoms with E-state index in [1.54, 1.807) is 60.7 Å². The smallest absolute Gasteiger partial charge is 0.335 e. The molecule has 8 N–H and O–H groups in total. The first-order chi connectivity index (χ1) is 8.61. The molecule has 0 unspecified atom stereocenters. The molecule has 2 rings (SSSR count). The molecule has 22 heavy (non-hydrogen) atoms. The minimum Gasteiger partial charge on any atom is -0.478 e. The van der Waals surface area contributed by atoms with Crippen LogP contribution in [0.1, 0.15) is 20.7 Å². The summed E-state index contributed by atoms with van der Waals surface area (Å²) in [6, 6.07) is 16.6. The predicted molar refractivity (Wildman–Crippen MR) is 77.6 cm³/mol. The van der Waals surface area contributed by atoms with Gasteiger partial charge in [0.25, 0.3) is 0 Å². The van der Waals surface area contributed by atoms with E-state index in [9.17, 15) is 9.59 Å². The van der Waals surface area contributed by atoms with E-state index in [0.29, 0.717) is 11.1 Å². The summed E-state index contributed by atoms with van der Waals surface area (Å²) < 4.78 is 0. The molecule has 0 aromatic heterocycles. The Hall–Kier alpha value is -2.22. The van der Waals surface area contributed by atoms with E-state index in [4.69, 9.17) is 10.2 Å². The molecule has 8 heteroatoms. The molecule has 7 nitrogen and oxygen atoms in total. The topological polar surface area (TPSA) is 169 Å². The van der Waals surface area contributed by atoms with Crippen molar-refractivity contribution >= 4 is 11.9 Å². The van der Waals surface area contributed by atoms with Gasteiger partial charge < -0.3 is 26.6 Å². The van der Waals surface area contributed by atoms with Gasteiger partial charge in [-0.05, 0) is 24.3 Å². The fourth-order valence-corrected chi connectivity index (χ4v) is 1.16. The molecule has 127 valence electrons. The van der Waals surface area contributed by atoms with Crippen molar-refractivity contribution in [2.45, 2.75) is 0 Å². The van der Waals surface area contributed by atoms with Crippen LogP contribution in [-0.4, -0.2) is 38.6 Å². The van der Waals surface area contributed by atoms with Gasteiger partial charge in [0.05, 0.1) is 11.1 Å². The second kappa shape index (κ2) is 15.2. The zero-order valence-corrected chi connectivity index (χ0v) is 12.2. The van der Waals surface area contributed by atoms with Crippen molar-refractivity contribution in [2.24, 2.45) is 0 Å². The van der Waals surface area contributed by atoms with Crippen molar-refractivity contribution in [3.63, 3.8) is 0 Å². The molecule has 0 heterocycles. The van der Waals surface area contributed by atoms with Crippen molar-refractivity contribution in [1.29, 1.82) is 0 Å². The Morgan fingerprint density at radius 1 is 0.591 bits per heavy atom. The predicted octanol–water partition coefficient (Wildman–Crippen LogP) is 0.293. The number of benzene rings is 2. The van der Waals surface area contributed by atoms with Crippen LogP contribution in [-0.2, 0) is 17.1 Å². The molecule has 2 aromatic rings. The summed E-state index contributed by atoms with van der Waals surface area (Å²) in [4.78, 5) is 20.4. The van der Waals surface area contributed by atoms with Crippen LogP contribution in [0, 0.1) is 0 Å². The van der Waals surface area contributed by atoms with Gasteiger partial charge in [-0.1, -0.05) is 36.4 Å². The van der Waals surface area contributed by atoms with Crippen LogP contribution in [0.3, 0.4) is 0 Å². The summed E-state index contributed by atoms with van der Waals surface area (Å²) in [6.07, 6.45) is 0. The van der Waals surface area contributed by atoms with Gasteiger partial charge in [0.1, 0.15) is 0 Å². The van der Waals surface area contributed by atoms with Gasteiger partial charge in [-0.3, -0.25) is 0 Å². The van der Waals surface area contributed by atoms with Crippen molar-refractivity contribution in [2.75, 3.05) is 0 Å². The van der Waals surface area contributed by atoms with E-state index in [2.05, 4.69) is 0 Å². The molecular weight excluding hydrogens is 344 g/mol. The minimum atomic E-state index is -0.879. The Labute approximate surface area is 137 Å². The van der Waals surface area contributed by atoms with E-state index >= 15 is 0 Å². The van der Waals surface area contributed by atoms with Crippen LogP contribution >= 0.6 is 0 Å². The van der Waals surface area contributed by atoms with Gasteiger partial charge >= 0.3 is 11.9 Å². The number of hydrogen-bond donors (Lipinski definition) is 2. The van der Waals surface area contributed by atoms with E-state index in [-0.39, 0.29) is 33.5 Å². The van der Waals surface area contributed by atoms with Crippen molar-refractivity contribution in [3.8, 4) is 0 Å². The van der Waals surface area contributed by atoms with Gasteiger partial charge in [0.2, 0.25) is 0 Å². The molecule has 0 atom stereocenters. The summed E-state index contributed by atoms with van der Waals surface area (Å²) in [5.74, 6) is -1.76. The van der Waals surface area contributed by atoms with Crippen LogP contribution in [0.25, 0.3) is 0 Å². The van der Waals surface area contributed by atoms with Gasteiger partial charge in [-0.25, -0.2) is 9.59 Å². The first-order valence-electron chi connectivity index (χ1n) is 5.18. The van der Waals surface area contributed by atoms with E-state index in [1.165, 1.54) is 0 Å². The Balaban J connectivity index is -0.000000125. The zero-order chi connectivity index (χ0) is 13.4. The minimum absolute atomic E-state index is 0. The molecule has 0 spiro atoms. The molecule has 2 aromatic carbocycles. The summed E-state index contributed by atoms with van der Waals surface area (Å²) in [6.45, 7) is 0. The molecular formula is C14H18CuO7. The van der Waals surface area contributed by atoms with Crippen molar-refractivity contribution in [3.05, 3.63) is 71.8 Å². The molecule has 0 aliphatic heterocycles. The number of hydrogen-bond acceptors (Lipinski definition) is 2. The van der Waals surface area contributed by atoms with Crippen LogP contribution in [0.4, 0.5) is 0 Å². The van der Waals surface area contributed by atoms with Crippen molar-refractivity contribution in [1.82, 2.24) is 0 Å². The van der Waals surface area contributed by atoms with Crippen LogP contribution < -0.4 is 0 Å². The van der Waals surface area contributed by atoms with Crippen LogP contribution in [0.5, 0.6) is 0 Å². The quantitative estimate of drug-likeness (QED) is 0.733. The average Bonchev–Trinajstić information content (AvgIpc) is 2.41. The summed E-state index contributed by atoms with van der Waals surface area (Å²) in [7, 11) is 0. The normalized spacial score (nSPS) is 7.27. The van der Waals surface area contributed by atoms with Crippen LogP contribution in [0.15, 0.2) is 60.7 Å². The number of carbonyl (C=O) groups is 2. The maximum Gasteiger partial charge on any atom is 0.335 e. The SMILES string of the molecule is O.O.O.O=C(O)c1ccccc1.O=C(O)c1ccccc1.[Cu]. The third-order valence-corrected chi connectivity index (χ3v) is 2.04. The first-order valence-corrected chi connectivity index (χ1v) is 5.18. The molecule has 0 saturated heterocycles. The Morgan fingerprint density at radius 2 is 0.818 bits per heavy atom. The largest absolute Gasteiger partial charge is 0.478 e.